The lowest BCUT2D eigenvalue weighted by Crippen LogP contribution is -2.09. The molecule has 0 aliphatic heterocycles. The average molecular weight is 360 g/mol. The summed E-state index contributed by atoms with van der Waals surface area (Å²) in [6.45, 7) is 2.03. The molecule has 2 aromatic carbocycles. The van der Waals surface area contributed by atoms with E-state index in [0.29, 0.717) is 28.3 Å². The highest BCUT2D eigenvalue weighted by Gasteiger charge is 2.13. The van der Waals surface area contributed by atoms with E-state index in [1.165, 1.54) is 6.20 Å². The fourth-order valence-corrected chi connectivity index (χ4v) is 2.33. The van der Waals surface area contributed by atoms with Gasteiger partial charge in [-0.25, -0.2) is 4.79 Å². The minimum Gasteiger partial charge on any atom is -0.462 e. The molecule has 0 fully saturated rings. The number of hydrogen-bond donors (Lipinski definition) is 2. The van der Waals surface area contributed by atoms with Gasteiger partial charge in [0.2, 0.25) is 5.95 Å². The largest absolute Gasteiger partial charge is 0.462 e. The predicted molar refractivity (Wildman–Crippen MR) is 99.9 cm³/mol. The van der Waals surface area contributed by atoms with Gasteiger partial charge in [-0.1, -0.05) is 18.2 Å². The highest BCUT2D eigenvalue weighted by molar-refractivity contribution is 5.96. The molecule has 134 valence electrons. The van der Waals surface area contributed by atoms with E-state index in [2.05, 4.69) is 31.9 Å². The van der Waals surface area contributed by atoms with Crippen molar-refractivity contribution < 1.29 is 9.53 Å². The number of anilines is 4. The number of hydrogen-bond acceptors (Lipinski definition) is 8. The van der Waals surface area contributed by atoms with Crippen LogP contribution in [0.4, 0.5) is 23.1 Å². The van der Waals surface area contributed by atoms with Crippen LogP contribution in [0.2, 0.25) is 0 Å². The molecule has 0 bridgehead atoms. The molecule has 3 rings (SSSR count). The van der Waals surface area contributed by atoms with E-state index in [1.54, 1.807) is 49.4 Å². The molecular formula is C19H16N6O2. The molecule has 0 spiro atoms. The van der Waals surface area contributed by atoms with Crippen LogP contribution >= 0.6 is 0 Å². The molecule has 8 heteroatoms. The molecule has 1 heterocycles. The van der Waals surface area contributed by atoms with Gasteiger partial charge in [-0.3, -0.25) is 0 Å². The molecule has 1 aromatic heterocycles. The van der Waals surface area contributed by atoms with Crippen molar-refractivity contribution in [2.24, 2.45) is 0 Å². The third kappa shape index (κ3) is 4.55. The maximum Gasteiger partial charge on any atom is 0.340 e. The molecule has 2 N–H and O–H groups in total. The van der Waals surface area contributed by atoms with Crippen molar-refractivity contribution in [2.45, 2.75) is 6.92 Å². The summed E-state index contributed by atoms with van der Waals surface area (Å²) < 4.78 is 5.06. The molecule has 27 heavy (non-hydrogen) atoms. The summed E-state index contributed by atoms with van der Waals surface area (Å²) in [6.07, 6.45) is 1.46. The van der Waals surface area contributed by atoms with Gasteiger partial charge in [0, 0.05) is 5.69 Å². The Morgan fingerprint density at radius 3 is 2.85 bits per heavy atom. The van der Waals surface area contributed by atoms with E-state index in [-0.39, 0.29) is 12.6 Å². The highest BCUT2D eigenvalue weighted by Crippen LogP contribution is 2.21. The van der Waals surface area contributed by atoms with E-state index in [9.17, 15) is 4.79 Å². The molecule has 0 amide bonds. The lowest BCUT2D eigenvalue weighted by molar-refractivity contribution is 0.0527. The number of nitrogens with one attached hydrogen (secondary N) is 2. The first-order chi connectivity index (χ1) is 13.2. The standard InChI is InChI=1S/C19H16N6O2/c1-2-27-18(26)15-8-3-4-9-16(15)23-19-24-17(12-21-25-19)22-14-7-5-6-13(10-14)11-20/h3-10,12H,2H2,1H3,(H2,22,23,24,25). The van der Waals surface area contributed by atoms with Gasteiger partial charge in [0.25, 0.3) is 0 Å². The number of benzene rings is 2. The van der Waals surface area contributed by atoms with E-state index < -0.39 is 5.97 Å². The van der Waals surface area contributed by atoms with Crippen molar-refractivity contribution >= 4 is 29.1 Å². The second-order valence-electron chi connectivity index (χ2n) is 5.37. The van der Waals surface area contributed by atoms with Crippen molar-refractivity contribution in [3.8, 4) is 6.07 Å². The lowest BCUT2D eigenvalue weighted by atomic mass is 10.2. The summed E-state index contributed by atoms with van der Waals surface area (Å²) in [5, 5.41) is 22.9. The van der Waals surface area contributed by atoms with Crippen molar-refractivity contribution in [1.82, 2.24) is 15.2 Å². The van der Waals surface area contributed by atoms with Gasteiger partial charge < -0.3 is 15.4 Å². The lowest BCUT2D eigenvalue weighted by Gasteiger charge is -2.11. The number of para-hydroxylation sites is 1. The van der Waals surface area contributed by atoms with E-state index >= 15 is 0 Å². The fraction of sp³-hybridized carbons (Fsp3) is 0.105. The number of rotatable bonds is 6. The van der Waals surface area contributed by atoms with Gasteiger partial charge in [0.05, 0.1) is 35.7 Å². The fourth-order valence-electron chi connectivity index (χ4n) is 2.33. The van der Waals surface area contributed by atoms with Crippen LogP contribution < -0.4 is 10.6 Å². The second-order valence-corrected chi connectivity index (χ2v) is 5.37. The number of aromatic nitrogens is 3. The summed E-state index contributed by atoms with van der Waals surface area (Å²) in [5.41, 5.74) is 2.13. The van der Waals surface area contributed by atoms with Crippen LogP contribution in [0.3, 0.4) is 0 Å². The number of ether oxygens (including phenoxy) is 1. The van der Waals surface area contributed by atoms with Crippen LogP contribution in [-0.2, 0) is 4.74 Å². The molecule has 0 saturated carbocycles. The van der Waals surface area contributed by atoms with Crippen LogP contribution in [0.15, 0.2) is 54.7 Å². The summed E-state index contributed by atoms with van der Waals surface area (Å²) in [7, 11) is 0. The first-order valence-corrected chi connectivity index (χ1v) is 8.19. The van der Waals surface area contributed by atoms with Crippen molar-refractivity contribution in [2.75, 3.05) is 17.2 Å². The quantitative estimate of drug-likeness (QED) is 0.643. The molecule has 8 nitrogen and oxygen atoms in total. The molecule has 0 aliphatic rings. The average Bonchev–Trinajstić information content (AvgIpc) is 2.69. The second kappa shape index (κ2) is 8.40. The maximum atomic E-state index is 12.1. The normalized spacial score (nSPS) is 9.93. The zero-order chi connectivity index (χ0) is 19.1. The summed E-state index contributed by atoms with van der Waals surface area (Å²) in [6, 6.07) is 16.0. The smallest absolute Gasteiger partial charge is 0.340 e. The highest BCUT2D eigenvalue weighted by atomic mass is 16.5. The Kier molecular flexibility index (Phi) is 5.54. The Morgan fingerprint density at radius 2 is 2.04 bits per heavy atom. The van der Waals surface area contributed by atoms with E-state index in [4.69, 9.17) is 10.00 Å². The minimum atomic E-state index is -0.434. The Labute approximate surface area is 155 Å². The van der Waals surface area contributed by atoms with E-state index in [1.807, 2.05) is 6.07 Å². The Morgan fingerprint density at radius 1 is 1.19 bits per heavy atom. The van der Waals surface area contributed by atoms with Gasteiger partial charge in [-0.15, -0.1) is 5.10 Å². The summed E-state index contributed by atoms with van der Waals surface area (Å²) in [5.74, 6) is 0.223. The molecule has 0 radical (unpaired) electrons. The molecular weight excluding hydrogens is 344 g/mol. The Bertz CT molecular complexity index is 999. The summed E-state index contributed by atoms with van der Waals surface area (Å²) >= 11 is 0. The number of nitriles is 1. The van der Waals surface area contributed by atoms with Crippen LogP contribution in [0.1, 0.15) is 22.8 Å². The third-order valence-electron chi connectivity index (χ3n) is 3.49. The SMILES string of the molecule is CCOC(=O)c1ccccc1Nc1nncc(Nc2cccc(C#N)c2)n1. The molecule has 3 aromatic rings. The van der Waals surface area contributed by atoms with Gasteiger partial charge in [-0.2, -0.15) is 15.3 Å². The molecule has 0 aliphatic carbocycles. The monoisotopic (exact) mass is 360 g/mol. The number of esters is 1. The molecule has 0 atom stereocenters. The van der Waals surface area contributed by atoms with Gasteiger partial charge in [-0.05, 0) is 37.3 Å². The first kappa shape index (κ1) is 17.8. The number of carbonyl (C=O) groups is 1. The number of nitrogens with zero attached hydrogens (tertiary/aromatic N) is 4. The molecule has 0 saturated heterocycles. The van der Waals surface area contributed by atoms with Crippen molar-refractivity contribution in [3.63, 3.8) is 0 Å². The van der Waals surface area contributed by atoms with Crippen LogP contribution in [0.5, 0.6) is 0 Å². The zero-order valence-corrected chi connectivity index (χ0v) is 14.5. The topological polar surface area (TPSA) is 113 Å². The predicted octanol–water partition coefficient (Wildman–Crippen LogP) is 3.41. The van der Waals surface area contributed by atoms with Gasteiger partial charge in [0.1, 0.15) is 0 Å². The van der Waals surface area contributed by atoms with Crippen molar-refractivity contribution in [1.29, 1.82) is 5.26 Å². The first-order valence-electron chi connectivity index (χ1n) is 8.19. The van der Waals surface area contributed by atoms with Crippen LogP contribution in [0, 0.1) is 11.3 Å². The number of carbonyl (C=O) groups excluding carboxylic acids is 1. The maximum absolute atomic E-state index is 12.1. The van der Waals surface area contributed by atoms with E-state index in [0.717, 1.165) is 0 Å². The summed E-state index contributed by atoms with van der Waals surface area (Å²) in [4.78, 5) is 16.4. The molecule has 0 unspecified atom stereocenters. The third-order valence-corrected chi connectivity index (χ3v) is 3.49. The Balaban J connectivity index is 1.81. The zero-order valence-electron chi connectivity index (χ0n) is 14.5. The van der Waals surface area contributed by atoms with Gasteiger partial charge >= 0.3 is 5.97 Å². The minimum absolute atomic E-state index is 0.216. The van der Waals surface area contributed by atoms with Crippen LogP contribution in [0.25, 0.3) is 0 Å². The Hall–Kier alpha value is -3.99. The van der Waals surface area contributed by atoms with Gasteiger partial charge in [0.15, 0.2) is 5.82 Å². The van der Waals surface area contributed by atoms with Crippen molar-refractivity contribution in [3.05, 3.63) is 65.9 Å². The van der Waals surface area contributed by atoms with Crippen LogP contribution in [-0.4, -0.2) is 27.8 Å².